The SMILES string of the molecule is OC(Cc1ccc(F)c(Cl)c1)c1ccc(F)cn1. The van der Waals surface area contributed by atoms with Gasteiger partial charge in [0.25, 0.3) is 0 Å². The van der Waals surface area contributed by atoms with Crippen molar-refractivity contribution in [1.29, 1.82) is 0 Å². The maximum absolute atomic E-state index is 13.0. The van der Waals surface area contributed by atoms with Crippen LogP contribution in [0, 0.1) is 11.6 Å². The number of halogens is 3. The Labute approximate surface area is 108 Å². The number of hydrogen-bond acceptors (Lipinski definition) is 2. The number of pyridine rings is 1. The van der Waals surface area contributed by atoms with E-state index in [4.69, 9.17) is 11.6 Å². The van der Waals surface area contributed by atoms with Crippen LogP contribution in [0.25, 0.3) is 0 Å². The summed E-state index contributed by atoms with van der Waals surface area (Å²) in [6.07, 6.45) is 0.390. The molecule has 0 aliphatic rings. The van der Waals surface area contributed by atoms with Gasteiger partial charge >= 0.3 is 0 Å². The van der Waals surface area contributed by atoms with E-state index in [0.29, 0.717) is 11.3 Å². The molecule has 1 aromatic carbocycles. The molecule has 0 bridgehead atoms. The molecule has 18 heavy (non-hydrogen) atoms. The van der Waals surface area contributed by atoms with Crippen LogP contribution in [0.3, 0.4) is 0 Å². The van der Waals surface area contributed by atoms with E-state index in [0.717, 1.165) is 6.20 Å². The number of aliphatic hydroxyl groups is 1. The molecule has 0 saturated carbocycles. The first-order valence-corrected chi connectivity index (χ1v) is 5.67. The zero-order chi connectivity index (χ0) is 13.1. The number of aliphatic hydroxyl groups excluding tert-OH is 1. The van der Waals surface area contributed by atoms with Crippen molar-refractivity contribution in [2.24, 2.45) is 0 Å². The summed E-state index contributed by atoms with van der Waals surface area (Å²) in [6.45, 7) is 0. The summed E-state index contributed by atoms with van der Waals surface area (Å²) in [5, 5.41) is 9.91. The summed E-state index contributed by atoms with van der Waals surface area (Å²) in [7, 11) is 0. The van der Waals surface area contributed by atoms with Crippen molar-refractivity contribution < 1.29 is 13.9 Å². The van der Waals surface area contributed by atoms with Crippen LogP contribution in [0.1, 0.15) is 17.4 Å². The fraction of sp³-hybridized carbons (Fsp3) is 0.154. The van der Waals surface area contributed by atoms with E-state index in [-0.39, 0.29) is 11.4 Å². The number of aromatic nitrogens is 1. The molecule has 0 aliphatic carbocycles. The van der Waals surface area contributed by atoms with Gasteiger partial charge in [0.15, 0.2) is 0 Å². The van der Waals surface area contributed by atoms with Crippen LogP contribution in [-0.2, 0) is 6.42 Å². The Hall–Kier alpha value is -1.52. The van der Waals surface area contributed by atoms with Crippen LogP contribution in [0.2, 0.25) is 5.02 Å². The number of nitrogens with zero attached hydrogens (tertiary/aromatic N) is 1. The van der Waals surface area contributed by atoms with E-state index < -0.39 is 17.7 Å². The van der Waals surface area contributed by atoms with Gasteiger partial charge in [-0.3, -0.25) is 4.98 Å². The summed E-state index contributed by atoms with van der Waals surface area (Å²) < 4.78 is 25.6. The molecule has 94 valence electrons. The molecule has 1 unspecified atom stereocenters. The average Bonchev–Trinajstić information content (AvgIpc) is 2.34. The second-order valence-electron chi connectivity index (χ2n) is 3.87. The Morgan fingerprint density at radius 2 is 2.00 bits per heavy atom. The lowest BCUT2D eigenvalue weighted by molar-refractivity contribution is 0.173. The molecule has 0 amide bonds. The molecule has 0 fully saturated rings. The van der Waals surface area contributed by atoms with Crippen LogP contribution < -0.4 is 0 Å². The Bertz CT molecular complexity index is 545. The van der Waals surface area contributed by atoms with Crippen LogP contribution in [0.4, 0.5) is 8.78 Å². The van der Waals surface area contributed by atoms with E-state index in [9.17, 15) is 13.9 Å². The molecular weight excluding hydrogens is 260 g/mol. The molecule has 1 aromatic heterocycles. The fourth-order valence-corrected chi connectivity index (χ4v) is 1.78. The minimum absolute atomic E-state index is 0.00626. The molecular formula is C13H10ClF2NO. The number of benzene rings is 1. The second-order valence-corrected chi connectivity index (χ2v) is 4.28. The van der Waals surface area contributed by atoms with Gasteiger partial charge in [0.05, 0.1) is 23.0 Å². The first-order valence-electron chi connectivity index (χ1n) is 5.29. The van der Waals surface area contributed by atoms with Crippen LogP contribution >= 0.6 is 11.6 Å². The van der Waals surface area contributed by atoms with Gasteiger partial charge in [0.2, 0.25) is 0 Å². The van der Waals surface area contributed by atoms with Gasteiger partial charge in [-0.05, 0) is 29.8 Å². The summed E-state index contributed by atoms with van der Waals surface area (Å²) in [5.74, 6) is -0.967. The number of hydrogen-bond donors (Lipinski definition) is 1. The maximum Gasteiger partial charge on any atom is 0.141 e. The van der Waals surface area contributed by atoms with Crippen molar-refractivity contribution >= 4 is 11.6 Å². The Kier molecular flexibility index (Phi) is 3.89. The third-order valence-corrected chi connectivity index (χ3v) is 2.79. The van der Waals surface area contributed by atoms with Crippen molar-refractivity contribution in [3.63, 3.8) is 0 Å². The monoisotopic (exact) mass is 269 g/mol. The molecule has 1 heterocycles. The normalized spacial score (nSPS) is 12.4. The van der Waals surface area contributed by atoms with Crippen molar-refractivity contribution in [3.8, 4) is 0 Å². The predicted octanol–water partition coefficient (Wildman–Crippen LogP) is 3.29. The third kappa shape index (κ3) is 3.03. The first kappa shape index (κ1) is 12.9. The topological polar surface area (TPSA) is 33.1 Å². The van der Waals surface area contributed by atoms with Gasteiger partial charge in [0, 0.05) is 6.42 Å². The maximum atomic E-state index is 13.0. The Morgan fingerprint density at radius 1 is 1.22 bits per heavy atom. The molecule has 1 atom stereocenters. The van der Waals surface area contributed by atoms with Crippen LogP contribution in [0.5, 0.6) is 0 Å². The lowest BCUT2D eigenvalue weighted by atomic mass is 10.1. The van der Waals surface area contributed by atoms with E-state index >= 15 is 0 Å². The van der Waals surface area contributed by atoms with Crippen molar-refractivity contribution in [2.45, 2.75) is 12.5 Å². The van der Waals surface area contributed by atoms with Crippen LogP contribution in [-0.4, -0.2) is 10.1 Å². The minimum atomic E-state index is -0.882. The standard InChI is InChI=1S/C13H10ClF2NO/c14-10-5-8(1-3-11(10)16)6-13(18)12-4-2-9(15)7-17-12/h1-5,7,13,18H,6H2. The van der Waals surface area contributed by atoms with E-state index in [2.05, 4.69) is 4.98 Å². The molecule has 0 spiro atoms. The highest BCUT2D eigenvalue weighted by atomic mass is 35.5. The van der Waals surface area contributed by atoms with Gasteiger partial charge in [-0.1, -0.05) is 17.7 Å². The molecule has 2 rings (SSSR count). The minimum Gasteiger partial charge on any atom is -0.386 e. The van der Waals surface area contributed by atoms with Gasteiger partial charge < -0.3 is 5.11 Å². The van der Waals surface area contributed by atoms with E-state index in [1.54, 1.807) is 0 Å². The molecule has 1 N–H and O–H groups in total. The van der Waals surface area contributed by atoms with Crippen molar-refractivity contribution in [1.82, 2.24) is 4.98 Å². The zero-order valence-corrected chi connectivity index (χ0v) is 10.0. The highest BCUT2D eigenvalue weighted by molar-refractivity contribution is 6.30. The first-order chi connectivity index (χ1) is 8.56. The Morgan fingerprint density at radius 3 is 2.61 bits per heavy atom. The van der Waals surface area contributed by atoms with Gasteiger partial charge in [-0.25, -0.2) is 8.78 Å². The van der Waals surface area contributed by atoms with Crippen molar-refractivity contribution in [2.75, 3.05) is 0 Å². The molecule has 0 aliphatic heterocycles. The van der Waals surface area contributed by atoms with Gasteiger partial charge in [-0.2, -0.15) is 0 Å². The highest BCUT2D eigenvalue weighted by Crippen LogP contribution is 2.21. The largest absolute Gasteiger partial charge is 0.386 e. The third-order valence-electron chi connectivity index (χ3n) is 2.50. The summed E-state index contributed by atoms with van der Waals surface area (Å²) in [5.41, 5.74) is 1.04. The lowest BCUT2D eigenvalue weighted by Gasteiger charge is -2.10. The molecule has 2 nitrogen and oxygen atoms in total. The predicted molar refractivity (Wildman–Crippen MR) is 64.3 cm³/mol. The second kappa shape index (κ2) is 5.42. The summed E-state index contributed by atoms with van der Waals surface area (Å²) in [4.78, 5) is 3.78. The van der Waals surface area contributed by atoms with Crippen LogP contribution in [0.15, 0.2) is 36.5 Å². The van der Waals surface area contributed by atoms with Gasteiger partial charge in [-0.15, -0.1) is 0 Å². The quantitative estimate of drug-likeness (QED) is 0.927. The summed E-state index contributed by atoms with van der Waals surface area (Å²) in [6, 6.07) is 6.86. The van der Waals surface area contributed by atoms with E-state index in [1.807, 2.05) is 0 Å². The molecule has 0 radical (unpaired) electrons. The molecule has 2 aromatic rings. The lowest BCUT2D eigenvalue weighted by Crippen LogP contribution is -2.04. The average molecular weight is 270 g/mol. The smallest absolute Gasteiger partial charge is 0.141 e. The summed E-state index contributed by atoms with van der Waals surface area (Å²) >= 11 is 5.64. The molecule has 0 saturated heterocycles. The fourth-order valence-electron chi connectivity index (χ4n) is 1.58. The van der Waals surface area contributed by atoms with Crippen molar-refractivity contribution in [3.05, 3.63) is 64.4 Å². The van der Waals surface area contributed by atoms with Gasteiger partial charge in [0.1, 0.15) is 11.6 Å². The Balaban J connectivity index is 2.13. The zero-order valence-electron chi connectivity index (χ0n) is 9.28. The highest BCUT2D eigenvalue weighted by Gasteiger charge is 2.11. The van der Waals surface area contributed by atoms with E-state index in [1.165, 1.54) is 30.3 Å². The number of rotatable bonds is 3. The molecule has 5 heteroatoms.